The lowest BCUT2D eigenvalue weighted by Gasteiger charge is -2.36. The van der Waals surface area contributed by atoms with E-state index in [1.165, 1.54) is 0 Å². The van der Waals surface area contributed by atoms with E-state index in [1.807, 2.05) is 11.8 Å². The van der Waals surface area contributed by atoms with Crippen molar-refractivity contribution in [3.63, 3.8) is 0 Å². The lowest BCUT2D eigenvalue weighted by Crippen LogP contribution is -2.54. The number of nitrogens with zero attached hydrogens (tertiary/aromatic N) is 2. The van der Waals surface area contributed by atoms with Crippen LogP contribution < -0.4 is 5.32 Å². The summed E-state index contributed by atoms with van der Waals surface area (Å²) >= 11 is 1.72. The first kappa shape index (κ1) is 17.6. The minimum Gasteiger partial charge on any atom is -0.356 e. The van der Waals surface area contributed by atoms with Gasteiger partial charge in [0.2, 0.25) is 17.7 Å². The highest BCUT2D eigenvalue weighted by Crippen LogP contribution is 2.47. The van der Waals surface area contributed by atoms with Gasteiger partial charge in [0.15, 0.2) is 0 Å². The largest absolute Gasteiger partial charge is 0.356 e. The van der Waals surface area contributed by atoms with Gasteiger partial charge in [-0.15, -0.1) is 11.8 Å². The highest BCUT2D eigenvalue weighted by molar-refractivity contribution is 8.01. The van der Waals surface area contributed by atoms with Gasteiger partial charge >= 0.3 is 0 Å². The second-order valence-electron chi connectivity index (χ2n) is 7.18. The van der Waals surface area contributed by atoms with Gasteiger partial charge in [0.05, 0.1) is 10.8 Å². The van der Waals surface area contributed by atoms with Gasteiger partial charge in [-0.3, -0.25) is 14.4 Å². The third-order valence-electron chi connectivity index (χ3n) is 5.38. The zero-order valence-electron chi connectivity index (χ0n) is 14.5. The van der Waals surface area contributed by atoms with Crippen LogP contribution in [0.5, 0.6) is 0 Å². The molecule has 0 aliphatic carbocycles. The molecule has 134 valence electrons. The number of hydrogen-bond donors (Lipinski definition) is 1. The van der Waals surface area contributed by atoms with Crippen LogP contribution in [0.25, 0.3) is 0 Å². The number of rotatable bonds is 4. The molecule has 0 aromatic carbocycles. The number of fused-ring (bicyclic) bond motifs is 1. The van der Waals surface area contributed by atoms with E-state index >= 15 is 0 Å². The lowest BCUT2D eigenvalue weighted by atomic mass is 9.96. The number of amides is 3. The number of carbonyl (C=O) groups excluding carboxylic acids is 3. The normalized spacial score (nSPS) is 32.8. The Labute approximate surface area is 147 Å². The van der Waals surface area contributed by atoms with Crippen LogP contribution in [-0.2, 0) is 14.4 Å². The van der Waals surface area contributed by atoms with E-state index in [1.54, 1.807) is 16.7 Å². The third kappa shape index (κ3) is 3.15. The minimum atomic E-state index is -0.354. The van der Waals surface area contributed by atoms with E-state index in [-0.39, 0.29) is 34.6 Å². The quantitative estimate of drug-likeness (QED) is 0.825. The van der Waals surface area contributed by atoms with Gasteiger partial charge in [0, 0.05) is 31.8 Å². The van der Waals surface area contributed by atoms with Crippen molar-refractivity contribution in [3.8, 4) is 0 Å². The fourth-order valence-corrected chi connectivity index (χ4v) is 5.42. The van der Waals surface area contributed by atoms with E-state index in [4.69, 9.17) is 0 Å². The molecule has 3 amide bonds. The monoisotopic (exact) mass is 353 g/mol. The summed E-state index contributed by atoms with van der Waals surface area (Å²) in [5, 5.41) is 2.94. The van der Waals surface area contributed by atoms with Gasteiger partial charge in [-0.2, -0.15) is 0 Å². The molecule has 7 heteroatoms. The fourth-order valence-electron chi connectivity index (χ4n) is 4.00. The molecule has 24 heavy (non-hydrogen) atoms. The van der Waals surface area contributed by atoms with Crippen LogP contribution in [0, 0.1) is 5.92 Å². The summed E-state index contributed by atoms with van der Waals surface area (Å²) in [6.07, 6.45) is 3.95. The maximum absolute atomic E-state index is 13.0. The van der Waals surface area contributed by atoms with Crippen LogP contribution in [0.15, 0.2) is 0 Å². The zero-order valence-corrected chi connectivity index (χ0v) is 15.4. The Morgan fingerprint density at radius 2 is 2.21 bits per heavy atom. The molecule has 3 aliphatic rings. The number of piperidine rings is 1. The van der Waals surface area contributed by atoms with E-state index in [9.17, 15) is 14.4 Å². The first-order chi connectivity index (χ1) is 11.5. The Bertz CT molecular complexity index is 541. The number of nitrogens with one attached hydrogen (secondary N) is 1. The average Bonchev–Trinajstić information content (AvgIpc) is 3.08. The summed E-state index contributed by atoms with van der Waals surface area (Å²) in [6, 6.07) is -0.354. The molecule has 3 atom stereocenters. The zero-order chi connectivity index (χ0) is 17.3. The van der Waals surface area contributed by atoms with Gasteiger partial charge in [-0.25, -0.2) is 0 Å². The van der Waals surface area contributed by atoms with Crippen LogP contribution in [0.3, 0.4) is 0 Å². The molecule has 0 radical (unpaired) electrons. The van der Waals surface area contributed by atoms with Crippen molar-refractivity contribution < 1.29 is 14.4 Å². The SMILES string of the molecule is CCCNC(=O)C1CCCN(C(=O)C2CSC3(C)CCC(=O)N23)C1. The van der Waals surface area contributed by atoms with E-state index in [2.05, 4.69) is 12.2 Å². The lowest BCUT2D eigenvalue weighted by molar-refractivity contribution is -0.146. The van der Waals surface area contributed by atoms with Crippen molar-refractivity contribution in [3.05, 3.63) is 0 Å². The number of likely N-dealkylation sites (tertiary alicyclic amines) is 1. The Morgan fingerprint density at radius 3 is 2.96 bits per heavy atom. The van der Waals surface area contributed by atoms with Crippen LogP contribution in [0.4, 0.5) is 0 Å². The summed E-state index contributed by atoms with van der Waals surface area (Å²) in [7, 11) is 0. The van der Waals surface area contributed by atoms with Crippen LogP contribution in [0.1, 0.15) is 46.0 Å². The van der Waals surface area contributed by atoms with Crippen molar-refractivity contribution in [2.75, 3.05) is 25.4 Å². The Hall–Kier alpha value is -1.24. The fraction of sp³-hybridized carbons (Fsp3) is 0.824. The number of thioether (sulfide) groups is 1. The van der Waals surface area contributed by atoms with E-state index in [0.717, 1.165) is 25.7 Å². The highest BCUT2D eigenvalue weighted by Gasteiger charge is 2.53. The summed E-state index contributed by atoms with van der Waals surface area (Å²) in [6.45, 7) is 5.94. The average molecular weight is 353 g/mol. The first-order valence-electron chi connectivity index (χ1n) is 8.99. The predicted octanol–water partition coefficient (Wildman–Crippen LogP) is 1.21. The maximum atomic E-state index is 13.0. The molecule has 0 aromatic rings. The molecule has 0 spiro atoms. The van der Waals surface area contributed by atoms with Gasteiger partial charge in [-0.05, 0) is 32.6 Å². The highest BCUT2D eigenvalue weighted by atomic mass is 32.2. The van der Waals surface area contributed by atoms with Gasteiger partial charge in [0.25, 0.3) is 0 Å². The standard InChI is InChI=1S/C17H27N3O3S/c1-3-8-18-15(22)12-5-4-9-19(10-12)16(23)13-11-24-17(2)7-6-14(21)20(13)17/h12-13H,3-11H2,1-2H3,(H,18,22). The Morgan fingerprint density at radius 1 is 1.42 bits per heavy atom. The molecular formula is C17H27N3O3S. The van der Waals surface area contributed by atoms with Crippen LogP contribution >= 0.6 is 11.8 Å². The molecule has 6 nitrogen and oxygen atoms in total. The molecular weight excluding hydrogens is 326 g/mol. The van der Waals surface area contributed by atoms with Crippen molar-refractivity contribution >= 4 is 29.5 Å². The number of carbonyl (C=O) groups is 3. The molecule has 3 saturated heterocycles. The molecule has 0 bridgehead atoms. The minimum absolute atomic E-state index is 0.0227. The van der Waals surface area contributed by atoms with Crippen molar-refractivity contribution in [1.29, 1.82) is 0 Å². The third-order valence-corrected chi connectivity index (χ3v) is 6.89. The smallest absolute Gasteiger partial charge is 0.246 e. The molecule has 3 fully saturated rings. The molecule has 3 rings (SSSR count). The first-order valence-corrected chi connectivity index (χ1v) is 9.97. The Balaban J connectivity index is 1.65. The molecule has 0 saturated carbocycles. The predicted molar refractivity (Wildman–Crippen MR) is 93.3 cm³/mol. The second kappa shape index (κ2) is 6.94. The molecule has 3 heterocycles. The van der Waals surface area contributed by atoms with Gasteiger partial charge in [0.1, 0.15) is 6.04 Å². The van der Waals surface area contributed by atoms with Crippen molar-refractivity contribution in [2.24, 2.45) is 5.92 Å². The van der Waals surface area contributed by atoms with Gasteiger partial charge in [-0.1, -0.05) is 6.92 Å². The summed E-state index contributed by atoms with van der Waals surface area (Å²) in [5.41, 5.74) is 0. The Kier molecular flexibility index (Phi) is 5.08. The molecule has 3 aliphatic heterocycles. The van der Waals surface area contributed by atoms with Crippen molar-refractivity contribution in [1.82, 2.24) is 15.1 Å². The van der Waals surface area contributed by atoms with Crippen LogP contribution in [0.2, 0.25) is 0 Å². The van der Waals surface area contributed by atoms with Crippen LogP contribution in [-0.4, -0.2) is 63.8 Å². The van der Waals surface area contributed by atoms with Crippen molar-refractivity contribution in [2.45, 2.75) is 56.9 Å². The molecule has 1 N–H and O–H groups in total. The second-order valence-corrected chi connectivity index (χ2v) is 8.68. The summed E-state index contributed by atoms with van der Waals surface area (Å²) in [5.74, 6) is 0.718. The topological polar surface area (TPSA) is 69.7 Å². The maximum Gasteiger partial charge on any atom is 0.246 e. The van der Waals surface area contributed by atoms with Gasteiger partial charge < -0.3 is 15.1 Å². The summed E-state index contributed by atoms with van der Waals surface area (Å²) < 4.78 is 0. The summed E-state index contributed by atoms with van der Waals surface area (Å²) in [4.78, 5) is 40.8. The molecule has 3 unspecified atom stereocenters. The number of hydrogen-bond acceptors (Lipinski definition) is 4. The molecule has 0 aromatic heterocycles. The van der Waals surface area contributed by atoms with E-state index in [0.29, 0.717) is 31.8 Å². The van der Waals surface area contributed by atoms with E-state index < -0.39 is 0 Å².